The third-order valence-corrected chi connectivity index (χ3v) is 1.36. The van der Waals surface area contributed by atoms with Crippen molar-refractivity contribution in [2.24, 2.45) is 0 Å². The van der Waals surface area contributed by atoms with Crippen molar-refractivity contribution >= 4 is 11.4 Å². The van der Waals surface area contributed by atoms with E-state index in [1.165, 1.54) is 0 Å². The number of nitrogens with two attached hydrogens (primary N) is 1. The molecule has 0 radical (unpaired) electrons. The first-order valence-electron chi connectivity index (χ1n) is 3.97. The minimum Gasteiger partial charge on any atom is -0.397 e. The van der Waals surface area contributed by atoms with E-state index in [-0.39, 0.29) is 5.54 Å². The van der Waals surface area contributed by atoms with Gasteiger partial charge in [0.25, 0.3) is 0 Å². The first kappa shape index (κ1) is 8.84. The van der Waals surface area contributed by atoms with Crippen LogP contribution in [0.25, 0.3) is 0 Å². The molecular weight excluding hydrogens is 150 g/mol. The van der Waals surface area contributed by atoms with Gasteiger partial charge in [0.2, 0.25) is 0 Å². The van der Waals surface area contributed by atoms with Gasteiger partial charge in [0.05, 0.1) is 17.6 Å². The Kier molecular flexibility index (Phi) is 2.22. The Morgan fingerprint density at radius 3 is 2.58 bits per heavy atom. The van der Waals surface area contributed by atoms with Gasteiger partial charge in [-0.1, -0.05) is 0 Å². The molecule has 0 saturated heterocycles. The average molecular weight is 165 g/mol. The van der Waals surface area contributed by atoms with Crippen molar-refractivity contribution in [3.05, 3.63) is 18.5 Å². The molecule has 3 heteroatoms. The summed E-state index contributed by atoms with van der Waals surface area (Å²) >= 11 is 0. The first-order valence-corrected chi connectivity index (χ1v) is 3.97. The summed E-state index contributed by atoms with van der Waals surface area (Å²) in [6.45, 7) is 6.25. The fourth-order valence-electron chi connectivity index (χ4n) is 0.914. The van der Waals surface area contributed by atoms with Crippen LogP contribution in [0.15, 0.2) is 18.5 Å². The van der Waals surface area contributed by atoms with Crippen LogP contribution in [0.5, 0.6) is 0 Å². The highest BCUT2D eigenvalue weighted by Crippen LogP contribution is 2.19. The predicted molar refractivity (Wildman–Crippen MR) is 52.0 cm³/mol. The number of nitrogens with zero attached hydrogens (tertiary/aromatic N) is 1. The van der Waals surface area contributed by atoms with E-state index in [4.69, 9.17) is 5.73 Å². The molecule has 0 aliphatic heterocycles. The van der Waals surface area contributed by atoms with Crippen molar-refractivity contribution in [2.75, 3.05) is 11.1 Å². The van der Waals surface area contributed by atoms with Crippen molar-refractivity contribution in [3.8, 4) is 0 Å². The number of rotatable bonds is 1. The number of anilines is 2. The smallest absolute Gasteiger partial charge is 0.0764 e. The van der Waals surface area contributed by atoms with Crippen molar-refractivity contribution in [1.29, 1.82) is 0 Å². The van der Waals surface area contributed by atoms with E-state index in [1.54, 1.807) is 18.5 Å². The Bertz CT molecular complexity index is 263. The van der Waals surface area contributed by atoms with Gasteiger partial charge in [0.15, 0.2) is 0 Å². The van der Waals surface area contributed by atoms with E-state index in [0.717, 1.165) is 11.4 Å². The van der Waals surface area contributed by atoms with Gasteiger partial charge in [-0.2, -0.15) is 0 Å². The number of hydrogen-bond acceptors (Lipinski definition) is 3. The van der Waals surface area contributed by atoms with Crippen LogP contribution in [0.3, 0.4) is 0 Å². The zero-order valence-corrected chi connectivity index (χ0v) is 7.76. The van der Waals surface area contributed by atoms with Gasteiger partial charge in [0.1, 0.15) is 0 Å². The molecule has 0 bridgehead atoms. The number of hydrogen-bond donors (Lipinski definition) is 2. The van der Waals surface area contributed by atoms with E-state index in [0.29, 0.717) is 0 Å². The second-order valence-corrected chi connectivity index (χ2v) is 3.84. The van der Waals surface area contributed by atoms with E-state index in [2.05, 4.69) is 31.1 Å². The quantitative estimate of drug-likeness (QED) is 0.668. The standard InChI is InChI=1S/C9H15N3/c1-9(2,3)12-8-6-11-5-4-7(8)10/h4-6,12H,1-3H3,(H2,10,11). The van der Waals surface area contributed by atoms with Crippen molar-refractivity contribution in [2.45, 2.75) is 26.3 Å². The maximum Gasteiger partial charge on any atom is 0.0764 e. The Morgan fingerprint density at radius 1 is 1.42 bits per heavy atom. The lowest BCUT2D eigenvalue weighted by molar-refractivity contribution is 0.634. The number of nitrogens with one attached hydrogen (secondary N) is 1. The average Bonchev–Trinajstić information content (AvgIpc) is 1.91. The van der Waals surface area contributed by atoms with Gasteiger partial charge >= 0.3 is 0 Å². The summed E-state index contributed by atoms with van der Waals surface area (Å²) in [6.07, 6.45) is 3.42. The van der Waals surface area contributed by atoms with Crippen LogP contribution < -0.4 is 11.1 Å². The zero-order chi connectivity index (χ0) is 9.19. The lowest BCUT2D eigenvalue weighted by Crippen LogP contribution is -2.26. The topological polar surface area (TPSA) is 50.9 Å². The number of nitrogen functional groups attached to an aromatic ring is 1. The van der Waals surface area contributed by atoms with E-state index in [1.807, 2.05) is 0 Å². The van der Waals surface area contributed by atoms with Crippen LogP contribution in [-0.4, -0.2) is 10.5 Å². The first-order chi connectivity index (χ1) is 5.49. The fourth-order valence-corrected chi connectivity index (χ4v) is 0.914. The molecule has 0 spiro atoms. The molecule has 1 aromatic heterocycles. The molecule has 0 saturated carbocycles. The van der Waals surface area contributed by atoms with Gasteiger partial charge in [-0.05, 0) is 26.8 Å². The Balaban J connectivity index is 2.83. The van der Waals surface area contributed by atoms with Crippen LogP contribution in [0.2, 0.25) is 0 Å². The molecule has 0 amide bonds. The molecule has 0 unspecified atom stereocenters. The summed E-state index contributed by atoms with van der Waals surface area (Å²) in [5.74, 6) is 0. The molecule has 0 fully saturated rings. The van der Waals surface area contributed by atoms with E-state index < -0.39 is 0 Å². The SMILES string of the molecule is CC(C)(C)Nc1cnccc1N. The molecule has 1 aromatic rings. The molecule has 3 N–H and O–H groups in total. The van der Waals surface area contributed by atoms with Gasteiger partial charge in [0, 0.05) is 11.7 Å². The largest absolute Gasteiger partial charge is 0.397 e. The summed E-state index contributed by atoms with van der Waals surface area (Å²) in [4.78, 5) is 3.99. The third-order valence-electron chi connectivity index (χ3n) is 1.36. The van der Waals surface area contributed by atoms with Crippen LogP contribution in [0.1, 0.15) is 20.8 Å². The summed E-state index contributed by atoms with van der Waals surface area (Å²) in [6, 6.07) is 1.79. The maximum atomic E-state index is 5.73. The van der Waals surface area contributed by atoms with Gasteiger partial charge < -0.3 is 11.1 Å². The van der Waals surface area contributed by atoms with E-state index >= 15 is 0 Å². The normalized spacial score (nSPS) is 11.2. The summed E-state index contributed by atoms with van der Waals surface area (Å²) in [5, 5.41) is 3.26. The van der Waals surface area contributed by atoms with Crippen LogP contribution in [0.4, 0.5) is 11.4 Å². The monoisotopic (exact) mass is 165 g/mol. The highest BCUT2D eigenvalue weighted by molar-refractivity contribution is 5.64. The molecule has 1 heterocycles. The predicted octanol–water partition coefficient (Wildman–Crippen LogP) is 1.87. The minimum atomic E-state index is 0.0250. The number of aromatic nitrogens is 1. The molecule has 3 nitrogen and oxygen atoms in total. The molecule has 0 aliphatic rings. The maximum absolute atomic E-state index is 5.73. The molecule has 1 rings (SSSR count). The lowest BCUT2D eigenvalue weighted by Gasteiger charge is -2.22. The van der Waals surface area contributed by atoms with E-state index in [9.17, 15) is 0 Å². The molecule has 0 aromatic carbocycles. The van der Waals surface area contributed by atoms with Crippen molar-refractivity contribution in [1.82, 2.24) is 4.98 Å². The molecular formula is C9H15N3. The second-order valence-electron chi connectivity index (χ2n) is 3.84. The van der Waals surface area contributed by atoms with Gasteiger partial charge in [-0.25, -0.2) is 0 Å². The number of pyridine rings is 1. The lowest BCUT2D eigenvalue weighted by atomic mass is 10.1. The molecule has 0 aliphatic carbocycles. The molecule has 0 atom stereocenters. The highest BCUT2D eigenvalue weighted by atomic mass is 15.0. The Hall–Kier alpha value is -1.25. The van der Waals surface area contributed by atoms with Gasteiger partial charge in [-0.15, -0.1) is 0 Å². The van der Waals surface area contributed by atoms with Crippen LogP contribution >= 0.6 is 0 Å². The third kappa shape index (κ3) is 2.42. The fraction of sp³-hybridized carbons (Fsp3) is 0.444. The summed E-state index contributed by atoms with van der Waals surface area (Å²) < 4.78 is 0. The highest BCUT2D eigenvalue weighted by Gasteiger charge is 2.10. The van der Waals surface area contributed by atoms with Crippen LogP contribution in [-0.2, 0) is 0 Å². The van der Waals surface area contributed by atoms with Crippen molar-refractivity contribution < 1.29 is 0 Å². The molecule has 66 valence electrons. The molecule has 12 heavy (non-hydrogen) atoms. The minimum absolute atomic E-state index is 0.0250. The zero-order valence-electron chi connectivity index (χ0n) is 7.76. The second kappa shape index (κ2) is 3.01. The summed E-state index contributed by atoms with van der Waals surface area (Å²) in [7, 11) is 0. The van der Waals surface area contributed by atoms with Crippen LogP contribution in [0, 0.1) is 0 Å². The van der Waals surface area contributed by atoms with Crippen molar-refractivity contribution in [3.63, 3.8) is 0 Å². The summed E-state index contributed by atoms with van der Waals surface area (Å²) in [5.41, 5.74) is 7.38. The van der Waals surface area contributed by atoms with Gasteiger partial charge in [-0.3, -0.25) is 4.98 Å². The Morgan fingerprint density at radius 2 is 2.08 bits per heavy atom. The Labute approximate surface area is 73.0 Å².